The Bertz CT molecular complexity index is 524. The maximum Gasteiger partial charge on any atom is 0.417 e. The van der Waals surface area contributed by atoms with Crippen molar-refractivity contribution in [1.29, 1.82) is 0 Å². The molecule has 1 heterocycles. The first-order valence-corrected chi connectivity index (χ1v) is 10.7. The van der Waals surface area contributed by atoms with Crippen LogP contribution in [-0.4, -0.2) is 53.6 Å². The molecule has 1 saturated heterocycles. The Kier molecular flexibility index (Phi) is 9.93. The van der Waals surface area contributed by atoms with Crippen molar-refractivity contribution in [2.45, 2.75) is 97.8 Å². The fraction of sp³-hybridized carbons (Fsp3) is 0.857. The van der Waals surface area contributed by atoms with Gasteiger partial charge in [0.25, 0.3) is 0 Å². The van der Waals surface area contributed by atoms with E-state index in [9.17, 15) is 14.4 Å². The van der Waals surface area contributed by atoms with Gasteiger partial charge in [-0.3, -0.25) is 9.59 Å². The van der Waals surface area contributed by atoms with Crippen LogP contribution < -0.4 is 10.6 Å². The number of ether oxygens (including phenoxy) is 1. The van der Waals surface area contributed by atoms with Crippen molar-refractivity contribution in [3.05, 3.63) is 0 Å². The van der Waals surface area contributed by atoms with Crippen molar-refractivity contribution < 1.29 is 19.1 Å². The van der Waals surface area contributed by atoms with Gasteiger partial charge in [0.05, 0.1) is 6.04 Å². The summed E-state index contributed by atoms with van der Waals surface area (Å²) in [5, 5.41) is 5.93. The number of nitrogens with one attached hydrogen (secondary N) is 2. The Labute approximate surface area is 169 Å². The van der Waals surface area contributed by atoms with Gasteiger partial charge in [0.2, 0.25) is 11.8 Å². The fourth-order valence-electron chi connectivity index (χ4n) is 3.42. The quantitative estimate of drug-likeness (QED) is 0.624. The standard InChI is InChI=1S/C21H39N3O4/c1-7-9-11-15(3)14-17(18(25)22-8-2)24(20(27)28-21(4,5)6)19(26)16-12-10-13-23-16/h15-17,23H,7-14H2,1-6H3,(H,22,25)/t15?,16-,17-/m0/s1. The van der Waals surface area contributed by atoms with Crippen LogP contribution in [0, 0.1) is 5.92 Å². The van der Waals surface area contributed by atoms with Crippen LogP contribution >= 0.6 is 0 Å². The number of rotatable bonds is 9. The molecule has 1 unspecified atom stereocenters. The van der Waals surface area contributed by atoms with E-state index in [4.69, 9.17) is 4.74 Å². The zero-order valence-electron chi connectivity index (χ0n) is 18.5. The first-order valence-electron chi connectivity index (χ1n) is 10.7. The molecule has 0 spiro atoms. The third-order valence-electron chi connectivity index (χ3n) is 4.83. The summed E-state index contributed by atoms with van der Waals surface area (Å²) >= 11 is 0. The van der Waals surface area contributed by atoms with Crippen molar-refractivity contribution in [2.75, 3.05) is 13.1 Å². The van der Waals surface area contributed by atoms with Crippen LogP contribution in [0.2, 0.25) is 0 Å². The summed E-state index contributed by atoms with van der Waals surface area (Å²) in [6, 6.07) is -1.31. The van der Waals surface area contributed by atoms with E-state index in [1.807, 2.05) is 6.92 Å². The molecule has 162 valence electrons. The molecule has 7 heteroatoms. The summed E-state index contributed by atoms with van der Waals surface area (Å²) in [6.45, 7) is 12.5. The van der Waals surface area contributed by atoms with Crippen LogP contribution in [-0.2, 0) is 14.3 Å². The summed E-state index contributed by atoms with van der Waals surface area (Å²) in [6.07, 6.45) is 4.28. The first-order chi connectivity index (χ1) is 13.1. The van der Waals surface area contributed by atoms with Crippen LogP contribution in [0.25, 0.3) is 0 Å². The summed E-state index contributed by atoms with van der Waals surface area (Å²) in [4.78, 5) is 40.1. The maximum absolute atomic E-state index is 13.2. The van der Waals surface area contributed by atoms with Crippen LogP contribution in [0.3, 0.4) is 0 Å². The number of amides is 3. The minimum Gasteiger partial charge on any atom is -0.443 e. The van der Waals surface area contributed by atoms with E-state index in [2.05, 4.69) is 24.5 Å². The van der Waals surface area contributed by atoms with E-state index in [1.165, 1.54) is 0 Å². The van der Waals surface area contributed by atoms with E-state index in [0.29, 0.717) is 19.4 Å². The van der Waals surface area contributed by atoms with Gasteiger partial charge in [-0.05, 0) is 59.4 Å². The smallest absolute Gasteiger partial charge is 0.417 e. The van der Waals surface area contributed by atoms with E-state index in [0.717, 1.165) is 37.1 Å². The number of carbonyl (C=O) groups is 3. The molecule has 1 aliphatic rings. The molecular weight excluding hydrogens is 358 g/mol. The van der Waals surface area contributed by atoms with Gasteiger partial charge in [0.1, 0.15) is 11.6 Å². The molecule has 1 fully saturated rings. The summed E-state index contributed by atoms with van der Waals surface area (Å²) in [5.41, 5.74) is -0.752. The highest BCUT2D eigenvalue weighted by atomic mass is 16.6. The summed E-state index contributed by atoms with van der Waals surface area (Å²) in [7, 11) is 0. The molecule has 0 aromatic heterocycles. The van der Waals surface area contributed by atoms with Crippen LogP contribution in [0.1, 0.15) is 80.1 Å². The number of carbonyl (C=O) groups excluding carboxylic acids is 3. The molecule has 0 saturated carbocycles. The Morgan fingerprint density at radius 3 is 2.43 bits per heavy atom. The molecular formula is C21H39N3O4. The minimum absolute atomic E-state index is 0.210. The number of likely N-dealkylation sites (N-methyl/N-ethyl adjacent to an activating group) is 1. The van der Waals surface area contributed by atoms with Gasteiger partial charge < -0.3 is 15.4 Å². The van der Waals surface area contributed by atoms with Gasteiger partial charge in [0, 0.05) is 6.54 Å². The second kappa shape index (κ2) is 11.4. The molecule has 1 aliphatic heterocycles. The molecule has 0 radical (unpaired) electrons. The average Bonchev–Trinajstić information content (AvgIpc) is 3.12. The Balaban J connectivity index is 3.16. The molecule has 7 nitrogen and oxygen atoms in total. The second-order valence-electron chi connectivity index (χ2n) is 8.73. The van der Waals surface area contributed by atoms with Gasteiger partial charge in [-0.2, -0.15) is 0 Å². The maximum atomic E-state index is 13.2. The zero-order valence-corrected chi connectivity index (χ0v) is 18.5. The first kappa shape index (κ1) is 24.4. The van der Waals surface area contributed by atoms with Crippen molar-refractivity contribution in [3.8, 4) is 0 Å². The average molecular weight is 398 g/mol. The van der Waals surface area contributed by atoms with Gasteiger partial charge in [-0.15, -0.1) is 0 Å². The third kappa shape index (κ3) is 7.78. The summed E-state index contributed by atoms with van der Waals surface area (Å²) < 4.78 is 5.51. The largest absolute Gasteiger partial charge is 0.443 e. The van der Waals surface area contributed by atoms with Gasteiger partial charge >= 0.3 is 6.09 Å². The van der Waals surface area contributed by atoms with Crippen molar-refractivity contribution in [2.24, 2.45) is 5.92 Å². The van der Waals surface area contributed by atoms with Crippen molar-refractivity contribution in [1.82, 2.24) is 15.5 Å². The van der Waals surface area contributed by atoms with E-state index < -0.39 is 23.8 Å². The predicted molar refractivity (Wildman–Crippen MR) is 110 cm³/mol. The Morgan fingerprint density at radius 2 is 1.93 bits per heavy atom. The van der Waals surface area contributed by atoms with Crippen molar-refractivity contribution in [3.63, 3.8) is 0 Å². The lowest BCUT2D eigenvalue weighted by Gasteiger charge is -2.34. The van der Waals surface area contributed by atoms with E-state index >= 15 is 0 Å². The third-order valence-corrected chi connectivity index (χ3v) is 4.83. The van der Waals surface area contributed by atoms with Crippen LogP contribution in [0.4, 0.5) is 4.79 Å². The lowest BCUT2D eigenvalue weighted by Crippen LogP contribution is -2.57. The predicted octanol–water partition coefficient (Wildman–Crippen LogP) is 3.22. The number of imide groups is 1. The number of hydrogen-bond donors (Lipinski definition) is 2. The highest BCUT2D eigenvalue weighted by Gasteiger charge is 2.41. The number of nitrogens with zero attached hydrogens (tertiary/aromatic N) is 1. The molecule has 3 atom stereocenters. The van der Waals surface area contributed by atoms with Gasteiger partial charge in [0.15, 0.2) is 0 Å². The molecule has 0 aromatic carbocycles. The van der Waals surface area contributed by atoms with E-state index in [1.54, 1.807) is 20.8 Å². The zero-order chi connectivity index (χ0) is 21.3. The van der Waals surface area contributed by atoms with Gasteiger partial charge in [-0.1, -0.05) is 33.1 Å². The summed E-state index contributed by atoms with van der Waals surface area (Å²) in [5.74, 6) is -0.462. The molecule has 2 N–H and O–H groups in total. The molecule has 1 rings (SSSR count). The molecule has 0 bridgehead atoms. The monoisotopic (exact) mass is 397 g/mol. The van der Waals surface area contributed by atoms with Crippen molar-refractivity contribution >= 4 is 17.9 Å². The normalized spacial score (nSPS) is 19.0. The molecule has 0 aromatic rings. The second-order valence-corrected chi connectivity index (χ2v) is 8.73. The number of hydrogen-bond acceptors (Lipinski definition) is 5. The number of unbranched alkanes of at least 4 members (excludes halogenated alkanes) is 1. The Morgan fingerprint density at radius 1 is 1.25 bits per heavy atom. The molecule has 28 heavy (non-hydrogen) atoms. The van der Waals surface area contributed by atoms with E-state index in [-0.39, 0.29) is 17.7 Å². The highest BCUT2D eigenvalue weighted by Crippen LogP contribution is 2.22. The lowest BCUT2D eigenvalue weighted by atomic mass is 9.94. The topological polar surface area (TPSA) is 87.7 Å². The fourth-order valence-corrected chi connectivity index (χ4v) is 3.42. The lowest BCUT2D eigenvalue weighted by molar-refractivity contribution is -0.141. The minimum atomic E-state index is -0.864. The van der Waals surface area contributed by atoms with Crippen LogP contribution in [0.5, 0.6) is 0 Å². The van der Waals surface area contributed by atoms with Crippen LogP contribution in [0.15, 0.2) is 0 Å². The Hall–Kier alpha value is -1.63. The SMILES string of the molecule is CCCCC(C)C[C@@H](C(=O)NCC)N(C(=O)OC(C)(C)C)C(=O)[C@@H]1CCCN1. The van der Waals surface area contributed by atoms with Gasteiger partial charge in [-0.25, -0.2) is 9.69 Å². The molecule has 0 aliphatic carbocycles. The molecule has 3 amide bonds. The highest BCUT2D eigenvalue weighted by molar-refractivity contribution is 6.00.